The minimum Gasteiger partial charge on any atom is -0.309 e. The first-order valence-corrected chi connectivity index (χ1v) is 23.4. The highest BCUT2D eigenvalue weighted by Crippen LogP contribution is 2.44. The van der Waals surface area contributed by atoms with Crippen molar-refractivity contribution < 1.29 is 0 Å². The Kier molecular flexibility index (Phi) is 8.19. The molecule has 14 aromatic rings. The first-order chi connectivity index (χ1) is 32.7. The monoisotopic (exact) mass is 854 g/mol. The summed E-state index contributed by atoms with van der Waals surface area (Å²) in [5, 5.41) is 15.1. The van der Waals surface area contributed by atoms with E-state index in [4.69, 9.17) is 4.98 Å². The minimum atomic E-state index is 0.938. The molecule has 0 aliphatic rings. The van der Waals surface area contributed by atoms with Gasteiger partial charge in [-0.3, -0.25) is 0 Å². The molecule has 306 valence electrons. The Bertz CT molecular complexity index is 4210. The molecule has 0 fully saturated rings. The molecule has 0 amide bonds. The number of benzene rings is 11. The standard InChI is InChI=1S/C63H38N2S/c1-3-15-40(16-4-1)58-35-45(36-59(64-58)41-17-5-2-6-18-41)65-60-31-28-44(47-24-13-19-39-14-7-8-20-46(39)47)33-56(60)57-37-54-49-22-10-9-21-48(49)53-32-42(26-29-50(53)55(54)38-61(57)65)43-27-30-52-51-23-11-12-25-62(51)66-63(52)34-43/h1-38H. The SMILES string of the molecule is c1ccc(-c2cc(-n3c4ccc(-c5cccc6ccccc56)cc4c4cc5c6ccccc6c6cc(-c7ccc8c(c7)sc7ccccc78)ccc6c5cc43)cc(-c3ccccc3)n2)cc1. The van der Waals surface area contributed by atoms with Crippen molar-refractivity contribution in [1.29, 1.82) is 0 Å². The summed E-state index contributed by atoms with van der Waals surface area (Å²) in [5.74, 6) is 0. The van der Waals surface area contributed by atoms with Gasteiger partial charge in [-0.15, -0.1) is 11.3 Å². The predicted octanol–water partition coefficient (Wildman–Crippen LogP) is 17.8. The fourth-order valence-corrected chi connectivity index (χ4v) is 11.8. The van der Waals surface area contributed by atoms with Gasteiger partial charge in [0.15, 0.2) is 0 Å². The predicted molar refractivity (Wildman–Crippen MR) is 283 cm³/mol. The van der Waals surface area contributed by atoms with E-state index in [9.17, 15) is 0 Å². The third kappa shape index (κ3) is 5.77. The minimum absolute atomic E-state index is 0.938. The molecule has 2 nitrogen and oxygen atoms in total. The van der Waals surface area contributed by atoms with E-state index < -0.39 is 0 Å². The van der Waals surface area contributed by atoms with Crippen LogP contribution in [0, 0.1) is 0 Å². The maximum absolute atomic E-state index is 5.30. The fourth-order valence-electron chi connectivity index (χ4n) is 10.6. The van der Waals surface area contributed by atoms with E-state index in [1.807, 2.05) is 11.3 Å². The Hall–Kier alpha value is -8.37. The van der Waals surface area contributed by atoms with Crippen molar-refractivity contribution in [2.24, 2.45) is 0 Å². The van der Waals surface area contributed by atoms with Crippen LogP contribution in [-0.4, -0.2) is 9.55 Å². The zero-order chi connectivity index (χ0) is 43.3. The molecular formula is C63H38N2S. The van der Waals surface area contributed by atoms with Crippen LogP contribution in [0.5, 0.6) is 0 Å². The van der Waals surface area contributed by atoms with Crippen molar-refractivity contribution in [3.8, 4) is 50.5 Å². The summed E-state index contributed by atoms with van der Waals surface area (Å²) in [6.07, 6.45) is 0. The summed E-state index contributed by atoms with van der Waals surface area (Å²) in [5.41, 5.74) is 12.3. The molecular weight excluding hydrogens is 817 g/mol. The highest BCUT2D eigenvalue weighted by Gasteiger charge is 2.20. The summed E-state index contributed by atoms with van der Waals surface area (Å²) in [7, 11) is 0. The smallest absolute Gasteiger partial charge is 0.0730 e. The first-order valence-electron chi connectivity index (χ1n) is 22.6. The fraction of sp³-hybridized carbons (Fsp3) is 0. The third-order valence-electron chi connectivity index (χ3n) is 13.7. The van der Waals surface area contributed by atoms with Gasteiger partial charge in [0.2, 0.25) is 0 Å². The van der Waals surface area contributed by atoms with Crippen LogP contribution in [0.15, 0.2) is 231 Å². The lowest BCUT2D eigenvalue weighted by Crippen LogP contribution is -1.98. The normalized spacial score (nSPS) is 11.9. The Labute approximate surface area is 384 Å². The zero-order valence-corrected chi connectivity index (χ0v) is 36.6. The molecule has 0 saturated heterocycles. The number of aromatic nitrogens is 2. The Morgan fingerprint density at radius 2 is 0.818 bits per heavy atom. The number of rotatable bonds is 5. The molecule has 0 atom stereocenters. The number of nitrogens with zero attached hydrogens (tertiary/aromatic N) is 2. The lowest BCUT2D eigenvalue weighted by molar-refractivity contribution is 1.16. The molecule has 3 heterocycles. The van der Waals surface area contributed by atoms with Crippen LogP contribution in [-0.2, 0) is 0 Å². The lowest BCUT2D eigenvalue weighted by Gasteiger charge is -2.15. The molecule has 0 unspecified atom stereocenters. The van der Waals surface area contributed by atoms with E-state index in [0.717, 1.165) is 39.2 Å². The third-order valence-corrected chi connectivity index (χ3v) is 14.9. The molecule has 0 saturated carbocycles. The second-order valence-corrected chi connectivity index (χ2v) is 18.5. The van der Waals surface area contributed by atoms with Crippen LogP contribution in [0.3, 0.4) is 0 Å². The quantitative estimate of drug-likeness (QED) is 0.158. The molecule has 0 spiro atoms. The number of hydrogen-bond acceptors (Lipinski definition) is 2. The second-order valence-electron chi connectivity index (χ2n) is 17.5. The number of hydrogen-bond donors (Lipinski definition) is 0. The molecule has 0 bridgehead atoms. The van der Waals surface area contributed by atoms with Gasteiger partial charge in [0.05, 0.1) is 28.1 Å². The van der Waals surface area contributed by atoms with E-state index in [2.05, 4.69) is 235 Å². The van der Waals surface area contributed by atoms with Gasteiger partial charge in [0.25, 0.3) is 0 Å². The molecule has 0 aliphatic carbocycles. The number of thiophene rings is 1. The molecule has 0 radical (unpaired) electrons. The van der Waals surface area contributed by atoms with Crippen molar-refractivity contribution >= 4 is 96.4 Å². The molecule has 0 N–H and O–H groups in total. The summed E-state index contributed by atoms with van der Waals surface area (Å²) < 4.78 is 5.12. The van der Waals surface area contributed by atoms with E-state index in [1.165, 1.54) is 96.3 Å². The summed E-state index contributed by atoms with van der Waals surface area (Å²) in [6.45, 7) is 0. The number of pyridine rings is 1. The highest BCUT2D eigenvalue weighted by molar-refractivity contribution is 7.25. The van der Waals surface area contributed by atoms with Crippen molar-refractivity contribution in [3.63, 3.8) is 0 Å². The Balaban J connectivity index is 1.06. The van der Waals surface area contributed by atoms with Gasteiger partial charge in [-0.2, -0.15) is 0 Å². The maximum atomic E-state index is 5.30. The van der Waals surface area contributed by atoms with Crippen molar-refractivity contribution in [3.05, 3.63) is 231 Å². The van der Waals surface area contributed by atoms with Crippen LogP contribution < -0.4 is 0 Å². The van der Waals surface area contributed by atoms with Gasteiger partial charge in [-0.25, -0.2) is 4.98 Å². The van der Waals surface area contributed by atoms with Crippen LogP contribution in [0.4, 0.5) is 0 Å². The van der Waals surface area contributed by atoms with E-state index >= 15 is 0 Å². The maximum Gasteiger partial charge on any atom is 0.0730 e. The molecule has 3 heteroatoms. The van der Waals surface area contributed by atoms with Crippen LogP contribution in [0.1, 0.15) is 0 Å². The highest BCUT2D eigenvalue weighted by atomic mass is 32.1. The molecule has 3 aromatic heterocycles. The van der Waals surface area contributed by atoms with Gasteiger partial charge < -0.3 is 4.57 Å². The van der Waals surface area contributed by atoms with Crippen molar-refractivity contribution in [2.75, 3.05) is 0 Å². The Morgan fingerprint density at radius 1 is 0.288 bits per heavy atom. The van der Waals surface area contributed by atoms with E-state index in [0.29, 0.717) is 0 Å². The van der Waals surface area contributed by atoms with Gasteiger partial charge in [-0.1, -0.05) is 176 Å². The largest absolute Gasteiger partial charge is 0.309 e. The average Bonchev–Trinajstić information content (AvgIpc) is 3.93. The average molecular weight is 855 g/mol. The topological polar surface area (TPSA) is 17.8 Å². The van der Waals surface area contributed by atoms with Crippen molar-refractivity contribution in [1.82, 2.24) is 9.55 Å². The summed E-state index contributed by atoms with van der Waals surface area (Å²) >= 11 is 1.87. The molecule has 14 rings (SSSR count). The second kappa shape index (κ2) is 14.6. The first kappa shape index (κ1) is 37.0. The zero-order valence-electron chi connectivity index (χ0n) is 35.7. The molecule has 66 heavy (non-hydrogen) atoms. The van der Waals surface area contributed by atoms with Gasteiger partial charge in [0, 0.05) is 42.1 Å². The summed E-state index contributed by atoms with van der Waals surface area (Å²) in [6, 6.07) is 84.8. The van der Waals surface area contributed by atoms with E-state index in [-0.39, 0.29) is 0 Å². The van der Waals surface area contributed by atoms with Crippen LogP contribution in [0.25, 0.3) is 136 Å². The van der Waals surface area contributed by atoms with E-state index in [1.54, 1.807) is 0 Å². The van der Waals surface area contributed by atoms with Gasteiger partial charge in [-0.05, 0) is 120 Å². The van der Waals surface area contributed by atoms with Crippen molar-refractivity contribution in [2.45, 2.75) is 0 Å². The molecule has 0 aliphatic heterocycles. The van der Waals surface area contributed by atoms with Gasteiger partial charge >= 0.3 is 0 Å². The molecule has 11 aromatic carbocycles. The van der Waals surface area contributed by atoms with Crippen LogP contribution >= 0.6 is 11.3 Å². The number of fused-ring (bicyclic) bond motifs is 13. The van der Waals surface area contributed by atoms with Crippen LogP contribution in [0.2, 0.25) is 0 Å². The lowest BCUT2D eigenvalue weighted by atomic mass is 9.91. The summed E-state index contributed by atoms with van der Waals surface area (Å²) in [4.78, 5) is 5.30. The van der Waals surface area contributed by atoms with Gasteiger partial charge in [0.1, 0.15) is 0 Å². The Morgan fingerprint density at radius 3 is 1.58 bits per heavy atom.